The molecule has 24 heavy (non-hydrogen) atoms. The Balaban J connectivity index is 1.76. The minimum Gasteiger partial charge on any atom is -0.354 e. The molecule has 8 heteroatoms. The van der Waals surface area contributed by atoms with Crippen LogP contribution >= 0.6 is 22.7 Å². The number of anilines is 1. The van der Waals surface area contributed by atoms with E-state index < -0.39 is 0 Å². The topological polar surface area (TPSA) is 74.3 Å². The minimum atomic E-state index is -0.172. The number of nitrogens with one attached hydrogen (secondary N) is 2. The van der Waals surface area contributed by atoms with E-state index in [1.165, 1.54) is 22.7 Å². The number of amides is 2. The Bertz CT molecular complexity index is 651. The maximum Gasteiger partial charge on any atom is 0.267 e. The van der Waals surface area contributed by atoms with E-state index in [1.54, 1.807) is 11.4 Å². The van der Waals surface area contributed by atoms with Gasteiger partial charge in [-0.2, -0.15) is 0 Å². The van der Waals surface area contributed by atoms with Crippen LogP contribution in [-0.2, 0) is 11.2 Å². The van der Waals surface area contributed by atoms with Gasteiger partial charge in [-0.05, 0) is 24.5 Å². The Kier molecular flexibility index (Phi) is 7.36. The third-order valence-electron chi connectivity index (χ3n) is 3.50. The predicted octanol–water partition coefficient (Wildman–Crippen LogP) is 2.46. The van der Waals surface area contributed by atoms with Crippen LogP contribution in [0.5, 0.6) is 0 Å². The van der Waals surface area contributed by atoms with Gasteiger partial charge in [0, 0.05) is 18.5 Å². The third-order valence-corrected chi connectivity index (χ3v) is 5.18. The van der Waals surface area contributed by atoms with Crippen LogP contribution in [0.2, 0.25) is 0 Å². The predicted molar refractivity (Wildman–Crippen MR) is 98.9 cm³/mol. The number of rotatable bonds is 9. The van der Waals surface area contributed by atoms with Crippen molar-refractivity contribution in [2.75, 3.05) is 31.5 Å². The lowest BCUT2D eigenvalue weighted by Crippen LogP contribution is -2.35. The number of nitrogens with zero attached hydrogens (tertiary/aromatic N) is 2. The average Bonchev–Trinajstić information content (AvgIpc) is 3.23. The van der Waals surface area contributed by atoms with E-state index in [9.17, 15) is 9.59 Å². The zero-order chi connectivity index (χ0) is 17.4. The Labute approximate surface area is 149 Å². The number of likely N-dealkylation sites (N-methyl/N-ethyl adjacent to an activating group) is 1. The summed E-state index contributed by atoms with van der Waals surface area (Å²) in [4.78, 5) is 31.1. The maximum absolute atomic E-state index is 12.0. The van der Waals surface area contributed by atoms with Crippen molar-refractivity contribution >= 4 is 39.6 Å². The van der Waals surface area contributed by atoms with E-state index >= 15 is 0 Å². The first-order chi connectivity index (χ1) is 11.6. The van der Waals surface area contributed by atoms with Crippen molar-refractivity contribution in [3.05, 3.63) is 33.5 Å². The summed E-state index contributed by atoms with van der Waals surface area (Å²) in [5, 5.41) is 9.82. The van der Waals surface area contributed by atoms with Crippen LogP contribution in [-0.4, -0.2) is 47.9 Å². The highest BCUT2D eigenvalue weighted by Gasteiger charge is 2.11. The van der Waals surface area contributed by atoms with E-state index in [0.717, 1.165) is 19.6 Å². The fourth-order valence-electron chi connectivity index (χ4n) is 2.13. The van der Waals surface area contributed by atoms with E-state index in [0.29, 0.717) is 22.2 Å². The van der Waals surface area contributed by atoms with Gasteiger partial charge in [-0.25, -0.2) is 4.98 Å². The lowest BCUT2D eigenvalue weighted by molar-refractivity contribution is -0.120. The van der Waals surface area contributed by atoms with Crippen molar-refractivity contribution in [3.63, 3.8) is 0 Å². The summed E-state index contributed by atoms with van der Waals surface area (Å²) in [6, 6.07) is 3.59. The van der Waals surface area contributed by atoms with Gasteiger partial charge in [0.2, 0.25) is 5.91 Å². The molecule has 0 bridgehead atoms. The Morgan fingerprint density at radius 3 is 2.71 bits per heavy atom. The van der Waals surface area contributed by atoms with Crippen molar-refractivity contribution in [1.82, 2.24) is 15.2 Å². The third kappa shape index (κ3) is 5.70. The monoisotopic (exact) mass is 366 g/mol. The molecule has 2 N–H and O–H groups in total. The summed E-state index contributed by atoms with van der Waals surface area (Å²) in [5.41, 5.74) is 0.668. The van der Waals surface area contributed by atoms with Gasteiger partial charge in [0.15, 0.2) is 5.13 Å². The fraction of sp³-hybridized carbons (Fsp3) is 0.438. The smallest absolute Gasteiger partial charge is 0.267 e. The van der Waals surface area contributed by atoms with Gasteiger partial charge in [-0.3, -0.25) is 14.9 Å². The molecule has 0 aromatic carbocycles. The zero-order valence-electron chi connectivity index (χ0n) is 13.9. The number of thiophene rings is 1. The number of thiazole rings is 1. The van der Waals surface area contributed by atoms with E-state index in [2.05, 4.69) is 34.4 Å². The lowest BCUT2D eigenvalue weighted by Gasteiger charge is -2.17. The summed E-state index contributed by atoms with van der Waals surface area (Å²) in [6.45, 7) is 7.64. The molecule has 0 atom stereocenters. The second-order valence-electron chi connectivity index (χ2n) is 5.13. The summed E-state index contributed by atoms with van der Waals surface area (Å²) < 4.78 is 0. The highest BCUT2D eigenvalue weighted by atomic mass is 32.1. The average molecular weight is 367 g/mol. The molecule has 0 saturated heterocycles. The van der Waals surface area contributed by atoms with Gasteiger partial charge in [0.1, 0.15) is 0 Å². The molecular formula is C16H22N4O2S2. The molecule has 6 nitrogen and oxygen atoms in total. The van der Waals surface area contributed by atoms with Gasteiger partial charge >= 0.3 is 0 Å². The Morgan fingerprint density at radius 1 is 1.25 bits per heavy atom. The zero-order valence-corrected chi connectivity index (χ0v) is 15.5. The van der Waals surface area contributed by atoms with Crippen LogP contribution in [0.25, 0.3) is 0 Å². The van der Waals surface area contributed by atoms with Crippen molar-refractivity contribution in [2.24, 2.45) is 0 Å². The van der Waals surface area contributed by atoms with Gasteiger partial charge < -0.3 is 10.2 Å². The molecule has 130 valence electrons. The lowest BCUT2D eigenvalue weighted by atomic mass is 10.3. The van der Waals surface area contributed by atoms with Crippen LogP contribution < -0.4 is 10.6 Å². The molecule has 2 aromatic rings. The number of carbonyl (C=O) groups excluding carboxylic acids is 2. The van der Waals surface area contributed by atoms with Crippen LogP contribution in [0.15, 0.2) is 22.9 Å². The quantitative estimate of drug-likeness (QED) is 0.715. The number of hydrogen-bond donors (Lipinski definition) is 2. The minimum absolute atomic E-state index is 0.0522. The number of carbonyl (C=O) groups is 2. The van der Waals surface area contributed by atoms with Crippen molar-refractivity contribution in [3.8, 4) is 0 Å². The summed E-state index contributed by atoms with van der Waals surface area (Å²) in [7, 11) is 0. The summed E-state index contributed by atoms with van der Waals surface area (Å²) >= 11 is 2.71. The first-order valence-corrected chi connectivity index (χ1v) is 9.66. The first kappa shape index (κ1) is 18.6. The van der Waals surface area contributed by atoms with Gasteiger partial charge in [0.05, 0.1) is 17.0 Å². The van der Waals surface area contributed by atoms with Gasteiger partial charge in [0.25, 0.3) is 5.91 Å². The molecule has 2 heterocycles. The maximum atomic E-state index is 12.0. The molecule has 2 amide bonds. The van der Waals surface area contributed by atoms with Gasteiger partial charge in [-0.15, -0.1) is 22.7 Å². The Morgan fingerprint density at radius 2 is 2.04 bits per heavy atom. The molecule has 2 rings (SSSR count). The van der Waals surface area contributed by atoms with E-state index in [4.69, 9.17) is 0 Å². The van der Waals surface area contributed by atoms with Crippen molar-refractivity contribution < 1.29 is 9.59 Å². The largest absolute Gasteiger partial charge is 0.354 e. The van der Waals surface area contributed by atoms with E-state index in [-0.39, 0.29) is 18.2 Å². The van der Waals surface area contributed by atoms with E-state index in [1.807, 2.05) is 11.4 Å². The molecule has 0 radical (unpaired) electrons. The second kappa shape index (κ2) is 9.51. The normalized spacial score (nSPS) is 10.8. The molecule has 2 aromatic heterocycles. The highest BCUT2D eigenvalue weighted by Crippen LogP contribution is 2.18. The van der Waals surface area contributed by atoms with Gasteiger partial charge in [-0.1, -0.05) is 19.9 Å². The standard InChI is InChI=1S/C16H22N4O2S2/c1-3-20(4-2)8-7-17-14(21)10-12-11-24-16(18-12)19-15(22)13-6-5-9-23-13/h5-6,9,11H,3-4,7-8,10H2,1-2H3,(H,17,21)(H,18,19,22). The van der Waals surface area contributed by atoms with Crippen molar-refractivity contribution in [1.29, 1.82) is 0 Å². The molecule has 0 aliphatic carbocycles. The molecule has 0 aliphatic heterocycles. The molecule has 0 unspecified atom stereocenters. The number of hydrogen-bond acceptors (Lipinski definition) is 6. The molecule has 0 fully saturated rings. The molecule has 0 aliphatic rings. The summed E-state index contributed by atoms with van der Waals surface area (Å²) in [6.07, 6.45) is 0.226. The second-order valence-corrected chi connectivity index (χ2v) is 6.93. The van der Waals surface area contributed by atoms with Crippen LogP contribution in [0.1, 0.15) is 29.2 Å². The van der Waals surface area contributed by atoms with Crippen LogP contribution in [0, 0.1) is 0 Å². The number of aromatic nitrogens is 1. The van der Waals surface area contributed by atoms with Crippen LogP contribution in [0.3, 0.4) is 0 Å². The molecular weight excluding hydrogens is 344 g/mol. The molecule has 0 saturated carbocycles. The fourth-order valence-corrected chi connectivity index (χ4v) is 3.46. The molecule has 0 spiro atoms. The highest BCUT2D eigenvalue weighted by molar-refractivity contribution is 7.14. The van der Waals surface area contributed by atoms with Crippen LogP contribution in [0.4, 0.5) is 5.13 Å². The summed E-state index contributed by atoms with van der Waals surface area (Å²) in [5.74, 6) is -0.224. The first-order valence-electron chi connectivity index (χ1n) is 7.90. The SMILES string of the molecule is CCN(CC)CCNC(=O)Cc1csc(NC(=O)c2cccs2)n1. The van der Waals surface area contributed by atoms with Crippen molar-refractivity contribution in [2.45, 2.75) is 20.3 Å². The Hall–Kier alpha value is -1.77.